The topological polar surface area (TPSA) is 39.7 Å². The molecule has 0 aliphatic carbocycles. The lowest BCUT2D eigenvalue weighted by Crippen LogP contribution is -2.36. The van der Waals surface area contributed by atoms with Crippen LogP contribution in [-0.4, -0.2) is 32.0 Å². The second-order valence-corrected chi connectivity index (χ2v) is 6.41. The number of hydrogen-bond donors (Lipinski definition) is 1. The van der Waals surface area contributed by atoms with E-state index in [1.54, 1.807) is 7.11 Å². The highest BCUT2D eigenvalue weighted by molar-refractivity contribution is 5.48. The van der Waals surface area contributed by atoms with Crippen LogP contribution in [0, 0.1) is 0 Å². The van der Waals surface area contributed by atoms with Crippen LogP contribution in [-0.2, 0) is 17.7 Å². The molecule has 0 bridgehead atoms. The zero-order valence-corrected chi connectivity index (χ0v) is 13.2. The van der Waals surface area contributed by atoms with E-state index < -0.39 is 0 Å². The minimum atomic E-state index is -0.0189. The molecular weight excluding hydrogens is 266 g/mol. The van der Waals surface area contributed by atoms with Crippen LogP contribution in [0.1, 0.15) is 37.8 Å². The molecule has 0 aromatic heterocycles. The maximum atomic E-state index is 5.84. The van der Waals surface area contributed by atoms with E-state index in [1.165, 1.54) is 5.56 Å². The van der Waals surface area contributed by atoms with Crippen molar-refractivity contribution in [2.24, 2.45) is 0 Å². The molecule has 0 spiro atoms. The molecule has 4 heteroatoms. The fourth-order valence-corrected chi connectivity index (χ4v) is 3.25. The molecule has 21 heavy (non-hydrogen) atoms. The van der Waals surface area contributed by atoms with E-state index in [-0.39, 0.29) is 11.7 Å². The van der Waals surface area contributed by atoms with Gasteiger partial charge in [0, 0.05) is 37.2 Å². The summed E-state index contributed by atoms with van der Waals surface area (Å²) >= 11 is 0. The van der Waals surface area contributed by atoms with Crippen LogP contribution < -0.4 is 14.8 Å². The minimum absolute atomic E-state index is 0.0189. The molecule has 2 aliphatic heterocycles. The highest BCUT2D eigenvalue weighted by atomic mass is 16.5. The zero-order chi connectivity index (χ0) is 14.9. The number of fused-ring (bicyclic) bond motifs is 1. The number of nitrogens with one attached hydrogen (secondary N) is 1. The Balaban J connectivity index is 1.66. The molecule has 3 rings (SSSR count). The van der Waals surface area contributed by atoms with Crippen LogP contribution in [0.3, 0.4) is 0 Å². The van der Waals surface area contributed by atoms with Crippen LogP contribution in [0.15, 0.2) is 12.1 Å². The molecule has 2 aliphatic rings. The summed E-state index contributed by atoms with van der Waals surface area (Å²) in [7, 11) is 1.73. The average molecular weight is 291 g/mol. The number of benzene rings is 1. The first kappa shape index (κ1) is 14.7. The largest absolute Gasteiger partial charge is 0.496 e. The molecule has 1 saturated heterocycles. The summed E-state index contributed by atoms with van der Waals surface area (Å²) in [5.74, 6) is 1.94. The SMILES string of the molecule is COc1cc2c(cc1CNCC1(C)CCCO1)OC(C)C2. The van der Waals surface area contributed by atoms with Gasteiger partial charge in [-0.1, -0.05) is 0 Å². The van der Waals surface area contributed by atoms with Crippen molar-refractivity contribution in [1.29, 1.82) is 0 Å². The fourth-order valence-electron chi connectivity index (χ4n) is 3.25. The summed E-state index contributed by atoms with van der Waals surface area (Å²) < 4.78 is 17.2. The number of rotatable bonds is 5. The Morgan fingerprint density at radius 1 is 1.43 bits per heavy atom. The van der Waals surface area contributed by atoms with Crippen molar-refractivity contribution >= 4 is 0 Å². The molecule has 0 radical (unpaired) electrons. The maximum absolute atomic E-state index is 5.84. The maximum Gasteiger partial charge on any atom is 0.123 e. The van der Waals surface area contributed by atoms with Crippen LogP contribution in [0.2, 0.25) is 0 Å². The summed E-state index contributed by atoms with van der Waals surface area (Å²) in [6.07, 6.45) is 3.51. The van der Waals surface area contributed by atoms with Gasteiger partial charge in [0.05, 0.1) is 12.7 Å². The Hall–Kier alpha value is -1.26. The van der Waals surface area contributed by atoms with Crippen molar-refractivity contribution < 1.29 is 14.2 Å². The van der Waals surface area contributed by atoms with Gasteiger partial charge in [-0.15, -0.1) is 0 Å². The van der Waals surface area contributed by atoms with Crippen LogP contribution in [0.25, 0.3) is 0 Å². The molecule has 1 aromatic rings. The molecule has 2 atom stereocenters. The number of hydrogen-bond acceptors (Lipinski definition) is 4. The highest BCUT2D eigenvalue weighted by Gasteiger charge is 2.29. The third-order valence-corrected chi connectivity index (χ3v) is 4.41. The van der Waals surface area contributed by atoms with Crippen molar-refractivity contribution in [2.75, 3.05) is 20.3 Å². The molecule has 2 unspecified atom stereocenters. The van der Waals surface area contributed by atoms with Gasteiger partial charge in [0.25, 0.3) is 0 Å². The quantitative estimate of drug-likeness (QED) is 0.905. The number of methoxy groups -OCH3 is 1. The van der Waals surface area contributed by atoms with Gasteiger partial charge in [-0.2, -0.15) is 0 Å². The lowest BCUT2D eigenvalue weighted by molar-refractivity contribution is 0.0206. The molecule has 116 valence electrons. The van der Waals surface area contributed by atoms with E-state index in [9.17, 15) is 0 Å². The smallest absolute Gasteiger partial charge is 0.123 e. The van der Waals surface area contributed by atoms with Crippen molar-refractivity contribution in [2.45, 2.75) is 51.4 Å². The predicted octanol–water partition coefficient (Wildman–Crippen LogP) is 2.68. The number of ether oxygens (including phenoxy) is 3. The van der Waals surface area contributed by atoms with Crippen LogP contribution in [0.5, 0.6) is 11.5 Å². The molecular formula is C17H25NO3. The molecule has 0 saturated carbocycles. The normalized spacial score (nSPS) is 27.5. The first-order chi connectivity index (χ1) is 10.1. The van der Waals surface area contributed by atoms with E-state index in [0.29, 0.717) is 0 Å². The van der Waals surface area contributed by atoms with Gasteiger partial charge in [0.2, 0.25) is 0 Å². The van der Waals surface area contributed by atoms with Gasteiger partial charge in [-0.3, -0.25) is 0 Å². The Labute approximate surface area is 126 Å². The second kappa shape index (κ2) is 5.85. The third kappa shape index (κ3) is 3.16. The molecule has 2 heterocycles. The van der Waals surface area contributed by atoms with E-state index in [0.717, 1.165) is 56.0 Å². The van der Waals surface area contributed by atoms with Gasteiger partial charge in [-0.05, 0) is 38.8 Å². The van der Waals surface area contributed by atoms with Gasteiger partial charge in [0.1, 0.15) is 17.6 Å². The van der Waals surface area contributed by atoms with Crippen LogP contribution >= 0.6 is 0 Å². The standard InChI is InChI=1S/C17H25NO3/c1-12-7-13-8-15(19-3)14(9-16(13)21-12)10-18-11-17(2)5-4-6-20-17/h8-9,12,18H,4-7,10-11H2,1-3H3. The first-order valence-corrected chi connectivity index (χ1v) is 7.81. The molecule has 1 fully saturated rings. The van der Waals surface area contributed by atoms with Crippen LogP contribution in [0.4, 0.5) is 0 Å². The van der Waals surface area contributed by atoms with Gasteiger partial charge >= 0.3 is 0 Å². The average Bonchev–Trinajstić information content (AvgIpc) is 3.03. The summed E-state index contributed by atoms with van der Waals surface area (Å²) in [5, 5.41) is 3.50. The Kier molecular flexibility index (Phi) is 4.09. The second-order valence-electron chi connectivity index (χ2n) is 6.41. The molecule has 1 aromatic carbocycles. The van der Waals surface area contributed by atoms with E-state index in [2.05, 4.69) is 31.3 Å². The van der Waals surface area contributed by atoms with E-state index in [4.69, 9.17) is 14.2 Å². The van der Waals surface area contributed by atoms with Crippen molar-refractivity contribution in [1.82, 2.24) is 5.32 Å². The lowest BCUT2D eigenvalue weighted by atomic mass is 10.0. The van der Waals surface area contributed by atoms with Crippen molar-refractivity contribution in [3.63, 3.8) is 0 Å². The van der Waals surface area contributed by atoms with Crippen molar-refractivity contribution in [3.8, 4) is 11.5 Å². The molecule has 4 nitrogen and oxygen atoms in total. The summed E-state index contributed by atoms with van der Waals surface area (Å²) in [6.45, 7) is 6.80. The third-order valence-electron chi connectivity index (χ3n) is 4.41. The monoisotopic (exact) mass is 291 g/mol. The highest BCUT2D eigenvalue weighted by Crippen LogP contribution is 2.35. The lowest BCUT2D eigenvalue weighted by Gasteiger charge is -2.23. The molecule has 0 amide bonds. The van der Waals surface area contributed by atoms with Crippen molar-refractivity contribution in [3.05, 3.63) is 23.3 Å². The Bertz CT molecular complexity index is 509. The first-order valence-electron chi connectivity index (χ1n) is 7.81. The Morgan fingerprint density at radius 3 is 3.00 bits per heavy atom. The Morgan fingerprint density at radius 2 is 2.29 bits per heavy atom. The summed E-state index contributed by atoms with van der Waals surface area (Å²) in [5.41, 5.74) is 2.37. The van der Waals surface area contributed by atoms with Gasteiger partial charge in [0.15, 0.2) is 0 Å². The minimum Gasteiger partial charge on any atom is -0.496 e. The van der Waals surface area contributed by atoms with E-state index >= 15 is 0 Å². The predicted molar refractivity (Wildman–Crippen MR) is 82.1 cm³/mol. The zero-order valence-electron chi connectivity index (χ0n) is 13.2. The fraction of sp³-hybridized carbons (Fsp3) is 0.647. The summed E-state index contributed by atoms with van der Waals surface area (Å²) in [4.78, 5) is 0. The molecule has 1 N–H and O–H groups in total. The van der Waals surface area contributed by atoms with Gasteiger partial charge in [-0.25, -0.2) is 0 Å². The van der Waals surface area contributed by atoms with Gasteiger partial charge < -0.3 is 19.5 Å². The van der Waals surface area contributed by atoms with E-state index in [1.807, 2.05) is 0 Å². The summed E-state index contributed by atoms with van der Waals surface area (Å²) in [6, 6.07) is 4.23.